The summed E-state index contributed by atoms with van der Waals surface area (Å²) >= 11 is 1.52. The second-order valence-corrected chi connectivity index (χ2v) is 5.36. The highest BCUT2D eigenvalue weighted by Gasteiger charge is 2.19. The van der Waals surface area contributed by atoms with Gasteiger partial charge in [-0.3, -0.25) is 4.79 Å². The van der Waals surface area contributed by atoms with Gasteiger partial charge in [-0.05, 0) is 29.9 Å². The first kappa shape index (κ1) is 14.4. The van der Waals surface area contributed by atoms with E-state index in [9.17, 15) is 9.59 Å². The van der Waals surface area contributed by atoms with Gasteiger partial charge in [0.2, 0.25) is 5.91 Å². The minimum absolute atomic E-state index is 0.215. The molecule has 0 aliphatic heterocycles. The average Bonchev–Trinajstić information content (AvgIpc) is 2.77. The molecular formula is C13H17NO3S. The van der Waals surface area contributed by atoms with Crippen molar-refractivity contribution in [3.63, 3.8) is 0 Å². The second kappa shape index (κ2) is 6.96. The molecule has 1 aromatic heterocycles. The van der Waals surface area contributed by atoms with E-state index >= 15 is 0 Å². The summed E-state index contributed by atoms with van der Waals surface area (Å²) in [5.41, 5.74) is 0. The van der Waals surface area contributed by atoms with E-state index in [0.717, 1.165) is 4.88 Å². The quantitative estimate of drug-likeness (QED) is 0.778. The lowest BCUT2D eigenvalue weighted by Gasteiger charge is -2.15. The van der Waals surface area contributed by atoms with Gasteiger partial charge in [0.15, 0.2) is 0 Å². The standard InChI is InChI=1S/C13H17NO3S/c1-9(2)8-11(13(16)17)14-12(15)6-5-10-4-3-7-18-10/h3-7,9,11H,8H2,1-2H3,(H,14,15)(H,16,17)/b6-5+/t11-/m0/s1. The molecule has 0 saturated carbocycles. The molecule has 0 aliphatic carbocycles. The molecule has 0 aromatic carbocycles. The molecule has 1 aromatic rings. The maximum absolute atomic E-state index is 11.6. The molecule has 1 heterocycles. The van der Waals surface area contributed by atoms with Crippen LogP contribution in [-0.2, 0) is 9.59 Å². The maximum atomic E-state index is 11.6. The van der Waals surface area contributed by atoms with Crippen LogP contribution in [0.4, 0.5) is 0 Å². The molecule has 0 bridgehead atoms. The van der Waals surface area contributed by atoms with Gasteiger partial charge in [0, 0.05) is 11.0 Å². The van der Waals surface area contributed by atoms with Gasteiger partial charge in [0.05, 0.1) is 0 Å². The van der Waals surface area contributed by atoms with Crippen LogP contribution >= 0.6 is 11.3 Å². The fraction of sp³-hybridized carbons (Fsp3) is 0.385. The number of hydrogen-bond acceptors (Lipinski definition) is 3. The van der Waals surface area contributed by atoms with Gasteiger partial charge in [-0.1, -0.05) is 19.9 Å². The Hall–Kier alpha value is -1.62. The summed E-state index contributed by atoms with van der Waals surface area (Å²) in [4.78, 5) is 23.5. The first-order valence-corrected chi connectivity index (χ1v) is 6.62. The normalized spacial score (nSPS) is 12.8. The molecule has 0 unspecified atom stereocenters. The summed E-state index contributed by atoms with van der Waals surface area (Å²) < 4.78 is 0. The van der Waals surface area contributed by atoms with Crippen LogP contribution in [0.15, 0.2) is 23.6 Å². The lowest BCUT2D eigenvalue weighted by molar-refractivity contribution is -0.141. The van der Waals surface area contributed by atoms with Crippen LogP contribution in [0.25, 0.3) is 6.08 Å². The maximum Gasteiger partial charge on any atom is 0.326 e. The van der Waals surface area contributed by atoms with Crippen LogP contribution in [0.1, 0.15) is 25.1 Å². The highest BCUT2D eigenvalue weighted by atomic mass is 32.1. The predicted molar refractivity (Wildman–Crippen MR) is 72.4 cm³/mol. The molecule has 1 amide bonds. The molecule has 0 spiro atoms. The fourth-order valence-corrected chi connectivity index (χ4v) is 2.07. The first-order chi connectivity index (χ1) is 8.49. The van der Waals surface area contributed by atoms with Gasteiger partial charge in [-0.25, -0.2) is 4.79 Å². The van der Waals surface area contributed by atoms with Gasteiger partial charge < -0.3 is 10.4 Å². The van der Waals surface area contributed by atoms with Crippen molar-refractivity contribution >= 4 is 29.3 Å². The Labute approximate surface area is 110 Å². The van der Waals surface area contributed by atoms with Crippen molar-refractivity contribution in [1.82, 2.24) is 5.32 Å². The second-order valence-electron chi connectivity index (χ2n) is 4.38. The van der Waals surface area contributed by atoms with E-state index < -0.39 is 12.0 Å². The van der Waals surface area contributed by atoms with E-state index in [1.807, 2.05) is 31.4 Å². The van der Waals surface area contributed by atoms with Crippen LogP contribution in [0.3, 0.4) is 0 Å². The Morgan fingerprint density at radius 2 is 2.22 bits per heavy atom. The molecule has 4 nitrogen and oxygen atoms in total. The van der Waals surface area contributed by atoms with Gasteiger partial charge in [-0.2, -0.15) is 0 Å². The number of nitrogens with one attached hydrogen (secondary N) is 1. The summed E-state index contributed by atoms with van der Waals surface area (Å²) in [5.74, 6) is -1.16. The third-order valence-corrected chi connectivity index (χ3v) is 3.10. The van der Waals surface area contributed by atoms with E-state index in [4.69, 9.17) is 5.11 Å². The molecule has 1 rings (SSSR count). The van der Waals surface area contributed by atoms with E-state index in [1.165, 1.54) is 17.4 Å². The van der Waals surface area contributed by atoms with E-state index in [-0.39, 0.29) is 11.8 Å². The Morgan fingerprint density at radius 1 is 1.50 bits per heavy atom. The number of carbonyl (C=O) groups excluding carboxylic acids is 1. The molecule has 18 heavy (non-hydrogen) atoms. The van der Waals surface area contributed by atoms with E-state index in [2.05, 4.69) is 5.32 Å². The zero-order valence-corrected chi connectivity index (χ0v) is 11.2. The highest BCUT2D eigenvalue weighted by Crippen LogP contribution is 2.10. The van der Waals surface area contributed by atoms with Crippen molar-refractivity contribution in [3.05, 3.63) is 28.5 Å². The molecule has 2 N–H and O–H groups in total. The number of rotatable bonds is 6. The number of carbonyl (C=O) groups is 2. The number of carboxylic acids is 1. The van der Waals surface area contributed by atoms with Crippen LogP contribution in [-0.4, -0.2) is 23.0 Å². The average molecular weight is 267 g/mol. The van der Waals surface area contributed by atoms with Crippen LogP contribution < -0.4 is 5.32 Å². The SMILES string of the molecule is CC(C)C[C@H](NC(=O)/C=C/c1cccs1)C(=O)O. The van der Waals surface area contributed by atoms with E-state index in [0.29, 0.717) is 6.42 Å². The molecule has 98 valence electrons. The number of hydrogen-bond donors (Lipinski definition) is 2. The van der Waals surface area contributed by atoms with Crippen molar-refractivity contribution in [2.75, 3.05) is 0 Å². The topological polar surface area (TPSA) is 66.4 Å². The third kappa shape index (κ3) is 5.14. The largest absolute Gasteiger partial charge is 0.480 e. The summed E-state index contributed by atoms with van der Waals surface area (Å²) in [6.07, 6.45) is 3.46. The van der Waals surface area contributed by atoms with Gasteiger partial charge in [0.1, 0.15) is 6.04 Å². The molecule has 0 radical (unpaired) electrons. The summed E-state index contributed by atoms with van der Waals surface area (Å²) in [6, 6.07) is 2.95. The van der Waals surface area contributed by atoms with Gasteiger partial charge in [0.25, 0.3) is 0 Å². The molecule has 1 atom stereocenters. The Balaban J connectivity index is 2.53. The van der Waals surface area contributed by atoms with Crippen LogP contribution in [0, 0.1) is 5.92 Å². The smallest absolute Gasteiger partial charge is 0.326 e. The predicted octanol–water partition coefficient (Wildman–Crippen LogP) is 2.38. The highest BCUT2D eigenvalue weighted by molar-refractivity contribution is 7.10. The number of aliphatic carboxylic acids is 1. The number of thiophene rings is 1. The minimum Gasteiger partial charge on any atom is -0.480 e. The van der Waals surface area contributed by atoms with Crippen molar-refractivity contribution in [2.24, 2.45) is 5.92 Å². The van der Waals surface area contributed by atoms with Gasteiger partial charge >= 0.3 is 5.97 Å². The first-order valence-electron chi connectivity index (χ1n) is 5.74. The molecule has 0 fully saturated rings. The monoisotopic (exact) mass is 267 g/mol. The Bertz CT molecular complexity index is 423. The van der Waals surface area contributed by atoms with Gasteiger partial charge in [-0.15, -0.1) is 11.3 Å². The lowest BCUT2D eigenvalue weighted by Crippen LogP contribution is -2.40. The van der Waals surface area contributed by atoms with Crippen LogP contribution in [0.2, 0.25) is 0 Å². The Kier molecular flexibility index (Phi) is 5.58. The summed E-state index contributed by atoms with van der Waals surface area (Å²) in [7, 11) is 0. The zero-order chi connectivity index (χ0) is 13.5. The van der Waals surface area contributed by atoms with Crippen molar-refractivity contribution in [2.45, 2.75) is 26.3 Å². The molecule has 0 saturated heterocycles. The zero-order valence-electron chi connectivity index (χ0n) is 10.4. The third-order valence-electron chi connectivity index (χ3n) is 2.26. The van der Waals surface area contributed by atoms with Crippen molar-refractivity contribution in [1.29, 1.82) is 0 Å². The van der Waals surface area contributed by atoms with E-state index in [1.54, 1.807) is 6.08 Å². The van der Waals surface area contributed by atoms with Crippen molar-refractivity contribution in [3.8, 4) is 0 Å². The molecule has 5 heteroatoms. The van der Waals surface area contributed by atoms with Crippen LogP contribution in [0.5, 0.6) is 0 Å². The fourth-order valence-electron chi connectivity index (χ4n) is 1.46. The number of carboxylic acid groups (broad SMARTS) is 1. The van der Waals surface area contributed by atoms with Crippen molar-refractivity contribution < 1.29 is 14.7 Å². The summed E-state index contributed by atoms with van der Waals surface area (Å²) in [6.45, 7) is 3.84. The number of amides is 1. The lowest BCUT2D eigenvalue weighted by atomic mass is 10.0. The molecular weight excluding hydrogens is 250 g/mol. The minimum atomic E-state index is -0.999. The summed E-state index contributed by atoms with van der Waals surface area (Å²) in [5, 5.41) is 13.4. The Morgan fingerprint density at radius 3 is 2.72 bits per heavy atom. The molecule has 0 aliphatic rings.